The van der Waals surface area contributed by atoms with Gasteiger partial charge in [0, 0.05) is 14.8 Å². The van der Waals surface area contributed by atoms with Crippen LogP contribution >= 0.6 is 22.6 Å². The molecule has 0 aliphatic rings. The second-order valence-electron chi connectivity index (χ2n) is 4.66. The molecular weight excluding hydrogens is 365 g/mol. The summed E-state index contributed by atoms with van der Waals surface area (Å²) in [4.78, 5) is 12.1. The molecule has 0 bridgehead atoms. The van der Waals surface area contributed by atoms with Gasteiger partial charge in [-0.05, 0) is 78.9 Å². The normalized spacial score (nSPS) is 10.4. The summed E-state index contributed by atoms with van der Waals surface area (Å²) in [5.74, 6) is 0.647. The van der Waals surface area contributed by atoms with Crippen LogP contribution in [0.15, 0.2) is 48.5 Å². The number of amides is 1. The zero-order chi connectivity index (χ0) is 14.5. The average Bonchev–Trinajstić information content (AvgIpc) is 2.38. The Labute approximate surface area is 132 Å². The van der Waals surface area contributed by atoms with Gasteiger partial charge >= 0.3 is 0 Å². The zero-order valence-corrected chi connectivity index (χ0v) is 13.5. The minimum absolute atomic E-state index is 0.122. The largest absolute Gasteiger partial charge is 0.491 e. The number of hydrogen-bond acceptors (Lipinski definition) is 2. The fourth-order valence-electron chi connectivity index (χ4n) is 1.73. The van der Waals surface area contributed by atoms with E-state index < -0.39 is 0 Å². The van der Waals surface area contributed by atoms with E-state index in [0.717, 1.165) is 15.0 Å². The SMILES string of the molecule is CC(C)Oc1ccc(C(=O)Nc2cccc(I)c2)cc1. The smallest absolute Gasteiger partial charge is 0.255 e. The van der Waals surface area contributed by atoms with Crippen molar-refractivity contribution in [3.63, 3.8) is 0 Å². The lowest BCUT2D eigenvalue weighted by Crippen LogP contribution is -2.12. The number of halogens is 1. The Kier molecular flexibility index (Phi) is 5.00. The number of rotatable bonds is 4. The third-order valence-corrected chi connectivity index (χ3v) is 3.24. The molecule has 0 aromatic heterocycles. The van der Waals surface area contributed by atoms with Crippen LogP contribution < -0.4 is 10.1 Å². The predicted octanol–water partition coefficient (Wildman–Crippen LogP) is 4.33. The Morgan fingerprint density at radius 3 is 2.45 bits per heavy atom. The molecule has 0 fully saturated rings. The van der Waals surface area contributed by atoms with E-state index in [9.17, 15) is 4.79 Å². The lowest BCUT2D eigenvalue weighted by Gasteiger charge is -2.10. The quantitative estimate of drug-likeness (QED) is 0.801. The van der Waals surface area contributed by atoms with Crippen LogP contribution in [0.4, 0.5) is 5.69 Å². The van der Waals surface area contributed by atoms with Gasteiger partial charge in [-0.3, -0.25) is 4.79 Å². The van der Waals surface area contributed by atoms with Gasteiger partial charge < -0.3 is 10.1 Å². The van der Waals surface area contributed by atoms with Gasteiger partial charge in [0.1, 0.15) is 5.75 Å². The highest BCUT2D eigenvalue weighted by Gasteiger charge is 2.07. The Morgan fingerprint density at radius 2 is 1.85 bits per heavy atom. The average molecular weight is 381 g/mol. The van der Waals surface area contributed by atoms with Crippen LogP contribution in [-0.4, -0.2) is 12.0 Å². The summed E-state index contributed by atoms with van der Waals surface area (Å²) in [7, 11) is 0. The van der Waals surface area contributed by atoms with E-state index in [1.54, 1.807) is 12.1 Å². The molecule has 2 rings (SSSR count). The molecule has 104 valence electrons. The van der Waals surface area contributed by atoms with Gasteiger partial charge in [-0.15, -0.1) is 0 Å². The van der Waals surface area contributed by atoms with Crippen molar-refractivity contribution in [3.8, 4) is 5.75 Å². The van der Waals surface area contributed by atoms with Crippen LogP contribution in [0.25, 0.3) is 0 Å². The fraction of sp³-hybridized carbons (Fsp3) is 0.188. The van der Waals surface area contributed by atoms with Crippen molar-refractivity contribution in [3.05, 3.63) is 57.7 Å². The first-order chi connectivity index (χ1) is 9.54. The highest BCUT2D eigenvalue weighted by molar-refractivity contribution is 14.1. The summed E-state index contributed by atoms with van der Waals surface area (Å²) in [6, 6.07) is 14.8. The molecule has 0 aliphatic heterocycles. The molecule has 0 aliphatic carbocycles. The minimum atomic E-state index is -0.122. The first-order valence-corrected chi connectivity index (χ1v) is 7.46. The van der Waals surface area contributed by atoms with E-state index in [1.165, 1.54) is 0 Å². The van der Waals surface area contributed by atoms with Crippen LogP contribution in [-0.2, 0) is 0 Å². The van der Waals surface area contributed by atoms with Crippen LogP contribution in [0.3, 0.4) is 0 Å². The molecule has 0 heterocycles. The topological polar surface area (TPSA) is 38.3 Å². The summed E-state index contributed by atoms with van der Waals surface area (Å²) in [6.07, 6.45) is 0.126. The first-order valence-electron chi connectivity index (χ1n) is 6.38. The third-order valence-electron chi connectivity index (χ3n) is 2.57. The van der Waals surface area contributed by atoms with Crippen LogP contribution in [0.5, 0.6) is 5.75 Å². The Bertz CT molecular complexity index is 594. The Balaban J connectivity index is 2.06. The van der Waals surface area contributed by atoms with Gasteiger partial charge in [-0.2, -0.15) is 0 Å². The summed E-state index contributed by atoms with van der Waals surface area (Å²) in [5.41, 5.74) is 1.41. The monoisotopic (exact) mass is 381 g/mol. The molecule has 2 aromatic rings. The maximum Gasteiger partial charge on any atom is 0.255 e. The molecule has 0 atom stereocenters. The van der Waals surface area contributed by atoms with Crippen LogP contribution in [0.1, 0.15) is 24.2 Å². The number of nitrogens with one attached hydrogen (secondary N) is 1. The number of hydrogen-bond donors (Lipinski definition) is 1. The fourth-order valence-corrected chi connectivity index (χ4v) is 2.27. The van der Waals surface area contributed by atoms with Gasteiger partial charge in [-0.25, -0.2) is 0 Å². The van der Waals surface area contributed by atoms with E-state index in [2.05, 4.69) is 27.9 Å². The summed E-state index contributed by atoms with van der Waals surface area (Å²) >= 11 is 2.21. The van der Waals surface area contributed by atoms with E-state index in [4.69, 9.17) is 4.74 Å². The standard InChI is InChI=1S/C16H16INO2/c1-11(2)20-15-8-6-12(7-9-15)16(19)18-14-5-3-4-13(17)10-14/h3-11H,1-2H3,(H,18,19). The number of carbonyl (C=O) groups excluding carboxylic acids is 1. The molecule has 0 unspecified atom stereocenters. The summed E-state index contributed by atoms with van der Waals surface area (Å²) in [6.45, 7) is 3.94. The highest BCUT2D eigenvalue weighted by Crippen LogP contribution is 2.16. The molecular formula is C16H16INO2. The van der Waals surface area contributed by atoms with Crippen molar-refractivity contribution < 1.29 is 9.53 Å². The molecule has 1 amide bonds. The number of carbonyl (C=O) groups is 1. The van der Waals surface area contributed by atoms with Crippen LogP contribution in [0, 0.1) is 3.57 Å². The number of ether oxygens (including phenoxy) is 1. The maximum absolute atomic E-state index is 12.1. The second kappa shape index (κ2) is 6.74. The maximum atomic E-state index is 12.1. The Hall–Kier alpha value is -1.56. The molecule has 0 radical (unpaired) electrons. The van der Waals surface area contributed by atoms with Crippen molar-refractivity contribution in [1.29, 1.82) is 0 Å². The highest BCUT2D eigenvalue weighted by atomic mass is 127. The minimum Gasteiger partial charge on any atom is -0.491 e. The number of benzene rings is 2. The molecule has 0 saturated carbocycles. The number of anilines is 1. The van der Waals surface area contributed by atoms with Gasteiger partial charge in [0.05, 0.1) is 6.10 Å². The second-order valence-corrected chi connectivity index (χ2v) is 5.90. The lowest BCUT2D eigenvalue weighted by molar-refractivity contribution is 0.102. The predicted molar refractivity (Wildman–Crippen MR) is 89.3 cm³/mol. The Morgan fingerprint density at radius 1 is 1.15 bits per heavy atom. The molecule has 1 N–H and O–H groups in total. The van der Waals surface area contributed by atoms with Crippen LogP contribution in [0.2, 0.25) is 0 Å². The van der Waals surface area contributed by atoms with Crippen molar-refractivity contribution in [2.75, 3.05) is 5.32 Å². The molecule has 20 heavy (non-hydrogen) atoms. The first kappa shape index (κ1) is 14.8. The van der Waals surface area contributed by atoms with Gasteiger partial charge in [-0.1, -0.05) is 6.07 Å². The van der Waals surface area contributed by atoms with E-state index in [0.29, 0.717) is 5.56 Å². The lowest BCUT2D eigenvalue weighted by atomic mass is 10.2. The molecule has 0 saturated heterocycles. The molecule has 2 aromatic carbocycles. The van der Waals surface area contributed by atoms with E-state index >= 15 is 0 Å². The summed E-state index contributed by atoms with van der Waals surface area (Å²) < 4.78 is 6.63. The van der Waals surface area contributed by atoms with Crippen molar-refractivity contribution >= 4 is 34.2 Å². The van der Waals surface area contributed by atoms with Gasteiger partial charge in [0.25, 0.3) is 5.91 Å². The van der Waals surface area contributed by atoms with Gasteiger partial charge in [0.15, 0.2) is 0 Å². The third kappa shape index (κ3) is 4.23. The molecule has 3 nitrogen and oxygen atoms in total. The van der Waals surface area contributed by atoms with Crippen molar-refractivity contribution in [2.45, 2.75) is 20.0 Å². The van der Waals surface area contributed by atoms with E-state index in [-0.39, 0.29) is 12.0 Å². The zero-order valence-electron chi connectivity index (χ0n) is 11.4. The van der Waals surface area contributed by atoms with Crippen molar-refractivity contribution in [1.82, 2.24) is 0 Å². The molecule has 0 spiro atoms. The van der Waals surface area contributed by atoms with Gasteiger partial charge in [0.2, 0.25) is 0 Å². The summed E-state index contributed by atoms with van der Waals surface area (Å²) in [5, 5.41) is 2.87. The molecule has 4 heteroatoms. The van der Waals surface area contributed by atoms with E-state index in [1.807, 2.05) is 50.2 Å². The van der Waals surface area contributed by atoms with Crippen molar-refractivity contribution in [2.24, 2.45) is 0 Å².